The Balaban J connectivity index is 2.60. The van der Waals surface area contributed by atoms with E-state index in [9.17, 15) is 4.79 Å². The van der Waals surface area contributed by atoms with Gasteiger partial charge in [-0.1, -0.05) is 13.0 Å². The summed E-state index contributed by atoms with van der Waals surface area (Å²) in [7, 11) is 0. The van der Waals surface area contributed by atoms with Crippen LogP contribution < -0.4 is 0 Å². The molecule has 0 atom stereocenters. The number of hydrogen-bond acceptors (Lipinski definition) is 2. The second-order valence-electron chi connectivity index (χ2n) is 2.87. The van der Waals surface area contributed by atoms with E-state index in [-0.39, 0.29) is 5.78 Å². The summed E-state index contributed by atoms with van der Waals surface area (Å²) in [5.41, 5.74) is 0. The summed E-state index contributed by atoms with van der Waals surface area (Å²) in [6, 6.07) is 3.96. The average Bonchev–Trinajstić information content (AvgIpc) is 2.62. The molecule has 0 spiro atoms. The molecule has 70 valence electrons. The molecule has 1 rings (SSSR count). The number of carbonyl (C=O) groups is 1. The molecule has 0 aliphatic rings. The van der Waals surface area contributed by atoms with Gasteiger partial charge in [-0.05, 0) is 25.0 Å². The second kappa shape index (κ2) is 4.97. The van der Waals surface area contributed by atoms with Crippen LogP contribution >= 0.6 is 11.3 Å². The van der Waals surface area contributed by atoms with Gasteiger partial charge < -0.3 is 0 Å². The summed E-state index contributed by atoms with van der Waals surface area (Å²) in [6.45, 7) is 5.70. The Bertz CT molecular complexity index is 299. The molecule has 0 N–H and O–H groups in total. The van der Waals surface area contributed by atoms with Crippen molar-refractivity contribution >= 4 is 17.1 Å². The molecule has 1 heterocycles. The molecule has 1 nitrogen and oxygen atoms in total. The van der Waals surface area contributed by atoms with Crippen molar-refractivity contribution < 1.29 is 4.79 Å². The number of ketones is 1. The Hall–Kier alpha value is -0.890. The number of Topliss-reactive ketones (excluding diaryl/α,β-unsaturated/α-hetero) is 1. The summed E-state index contributed by atoms with van der Waals surface area (Å²) < 4.78 is 0. The van der Waals surface area contributed by atoms with Crippen molar-refractivity contribution in [3.05, 3.63) is 34.5 Å². The van der Waals surface area contributed by atoms with Crippen LogP contribution in [0.15, 0.2) is 24.8 Å². The van der Waals surface area contributed by atoms with E-state index in [2.05, 4.69) is 13.5 Å². The first-order valence-electron chi connectivity index (χ1n) is 4.50. The Morgan fingerprint density at radius 3 is 2.92 bits per heavy atom. The highest BCUT2D eigenvalue weighted by Crippen LogP contribution is 2.18. The van der Waals surface area contributed by atoms with E-state index in [0.29, 0.717) is 6.42 Å². The van der Waals surface area contributed by atoms with E-state index in [0.717, 1.165) is 17.7 Å². The summed E-state index contributed by atoms with van der Waals surface area (Å²) in [5.74, 6) is 0.240. The average molecular weight is 194 g/mol. The lowest BCUT2D eigenvalue weighted by Crippen LogP contribution is -1.93. The quantitative estimate of drug-likeness (QED) is 0.518. The lowest BCUT2D eigenvalue weighted by Gasteiger charge is -1.92. The molecular formula is C11H14OS. The number of carbonyl (C=O) groups excluding carboxylic acids is 1. The van der Waals surface area contributed by atoms with Crippen LogP contribution in [0.3, 0.4) is 0 Å². The number of hydrogen-bond donors (Lipinski definition) is 0. The Morgan fingerprint density at radius 2 is 2.38 bits per heavy atom. The highest BCUT2D eigenvalue weighted by molar-refractivity contribution is 7.14. The summed E-state index contributed by atoms with van der Waals surface area (Å²) in [4.78, 5) is 13.7. The SMILES string of the molecule is C=CCCC(=O)c1ccc(CC)s1. The van der Waals surface area contributed by atoms with E-state index in [1.165, 1.54) is 4.88 Å². The largest absolute Gasteiger partial charge is 0.293 e. The highest BCUT2D eigenvalue weighted by Gasteiger charge is 2.06. The topological polar surface area (TPSA) is 17.1 Å². The molecule has 1 aromatic rings. The maximum atomic E-state index is 11.5. The van der Waals surface area contributed by atoms with E-state index < -0.39 is 0 Å². The monoisotopic (exact) mass is 194 g/mol. The minimum atomic E-state index is 0.240. The van der Waals surface area contributed by atoms with E-state index in [1.54, 1.807) is 17.4 Å². The standard InChI is InChI=1S/C11H14OS/c1-3-5-6-10(12)11-8-7-9(4-2)13-11/h3,7-8H,1,4-6H2,2H3. The van der Waals surface area contributed by atoms with Crippen molar-refractivity contribution in [2.75, 3.05) is 0 Å². The third kappa shape index (κ3) is 2.81. The first kappa shape index (κ1) is 10.2. The minimum absolute atomic E-state index is 0.240. The first-order valence-corrected chi connectivity index (χ1v) is 5.32. The van der Waals surface area contributed by atoms with Gasteiger partial charge in [-0.25, -0.2) is 0 Å². The van der Waals surface area contributed by atoms with Crippen LogP contribution in [0.1, 0.15) is 34.3 Å². The lowest BCUT2D eigenvalue weighted by atomic mass is 10.2. The normalized spacial score (nSPS) is 9.92. The molecule has 0 unspecified atom stereocenters. The fourth-order valence-corrected chi connectivity index (χ4v) is 1.99. The van der Waals surface area contributed by atoms with Gasteiger partial charge >= 0.3 is 0 Å². The maximum Gasteiger partial charge on any atom is 0.173 e. The number of aryl methyl sites for hydroxylation is 1. The summed E-state index contributed by atoms with van der Waals surface area (Å²) >= 11 is 1.61. The van der Waals surface area contributed by atoms with Crippen LogP contribution in [0.5, 0.6) is 0 Å². The molecule has 0 aliphatic carbocycles. The van der Waals surface area contributed by atoms with Gasteiger partial charge in [0.2, 0.25) is 0 Å². The van der Waals surface area contributed by atoms with Gasteiger partial charge in [0.1, 0.15) is 0 Å². The molecule has 0 saturated carbocycles. The number of allylic oxidation sites excluding steroid dienone is 1. The second-order valence-corrected chi connectivity index (χ2v) is 4.04. The molecule has 0 radical (unpaired) electrons. The maximum absolute atomic E-state index is 11.5. The van der Waals surface area contributed by atoms with Gasteiger partial charge in [-0.15, -0.1) is 17.9 Å². The van der Waals surface area contributed by atoms with Gasteiger partial charge in [-0.3, -0.25) is 4.79 Å². The minimum Gasteiger partial charge on any atom is -0.293 e. The molecule has 0 bridgehead atoms. The zero-order valence-corrected chi connectivity index (χ0v) is 8.69. The van der Waals surface area contributed by atoms with Gasteiger partial charge in [0.15, 0.2) is 5.78 Å². The Morgan fingerprint density at radius 1 is 1.62 bits per heavy atom. The van der Waals surface area contributed by atoms with Crippen molar-refractivity contribution in [3.63, 3.8) is 0 Å². The zero-order chi connectivity index (χ0) is 9.68. The fourth-order valence-electron chi connectivity index (χ4n) is 1.07. The molecule has 0 saturated heterocycles. The molecule has 0 amide bonds. The molecule has 0 aromatic carbocycles. The molecule has 2 heteroatoms. The van der Waals surface area contributed by atoms with E-state index >= 15 is 0 Å². The van der Waals surface area contributed by atoms with Gasteiger partial charge in [-0.2, -0.15) is 0 Å². The smallest absolute Gasteiger partial charge is 0.173 e. The predicted molar refractivity (Wildman–Crippen MR) is 57.5 cm³/mol. The van der Waals surface area contributed by atoms with Crippen molar-refractivity contribution in [2.24, 2.45) is 0 Å². The molecule has 0 aliphatic heterocycles. The van der Waals surface area contributed by atoms with Crippen molar-refractivity contribution in [3.8, 4) is 0 Å². The third-order valence-corrected chi connectivity index (χ3v) is 3.13. The van der Waals surface area contributed by atoms with Crippen molar-refractivity contribution in [1.29, 1.82) is 0 Å². The van der Waals surface area contributed by atoms with E-state index in [1.807, 2.05) is 12.1 Å². The zero-order valence-electron chi connectivity index (χ0n) is 7.88. The number of rotatable bonds is 5. The highest BCUT2D eigenvalue weighted by atomic mass is 32.1. The summed E-state index contributed by atoms with van der Waals surface area (Å²) in [5, 5.41) is 0. The van der Waals surface area contributed by atoms with Crippen LogP contribution in [0, 0.1) is 0 Å². The third-order valence-electron chi connectivity index (χ3n) is 1.86. The van der Waals surface area contributed by atoms with Crippen molar-refractivity contribution in [1.82, 2.24) is 0 Å². The molecule has 13 heavy (non-hydrogen) atoms. The van der Waals surface area contributed by atoms with Crippen molar-refractivity contribution in [2.45, 2.75) is 26.2 Å². The Labute approximate surface area is 83.1 Å². The molecule has 1 aromatic heterocycles. The van der Waals surface area contributed by atoms with Crippen LogP contribution in [-0.2, 0) is 6.42 Å². The Kier molecular flexibility index (Phi) is 3.90. The van der Waals surface area contributed by atoms with Crippen LogP contribution in [0.2, 0.25) is 0 Å². The fraction of sp³-hybridized carbons (Fsp3) is 0.364. The number of thiophene rings is 1. The van der Waals surface area contributed by atoms with Gasteiger partial charge in [0.05, 0.1) is 4.88 Å². The van der Waals surface area contributed by atoms with Gasteiger partial charge in [0, 0.05) is 11.3 Å². The van der Waals surface area contributed by atoms with Crippen LogP contribution in [-0.4, -0.2) is 5.78 Å². The lowest BCUT2D eigenvalue weighted by molar-refractivity contribution is 0.0987. The van der Waals surface area contributed by atoms with Gasteiger partial charge in [0.25, 0.3) is 0 Å². The molecular weight excluding hydrogens is 180 g/mol. The molecule has 0 fully saturated rings. The van der Waals surface area contributed by atoms with E-state index in [4.69, 9.17) is 0 Å². The first-order chi connectivity index (χ1) is 6.27. The summed E-state index contributed by atoms with van der Waals surface area (Å²) in [6.07, 6.45) is 4.16. The van der Waals surface area contributed by atoms with Crippen LogP contribution in [0.4, 0.5) is 0 Å². The van der Waals surface area contributed by atoms with Crippen LogP contribution in [0.25, 0.3) is 0 Å². The predicted octanol–water partition coefficient (Wildman–Crippen LogP) is 3.46.